The predicted molar refractivity (Wildman–Crippen MR) is 52.0 cm³/mol. The Labute approximate surface area is 84.0 Å². The summed E-state index contributed by atoms with van der Waals surface area (Å²) in [6, 6.07) is 2.30. The van der Waals surface area contributed by atoms with Gasteiger partial charge in [0.1, 0.15) is 11.3 Å². The molecule has 1 N–H and O–H groups in total. The number of nitrogens with one attached hydrogen (secondary N) is 1. The van der Waals surface area contributed by atoms with Gasteiger partial charge in [0.15, 0.2) is 0 Å². The van der Waals surface area contributed by atoms with E-state index in [1.165, 1.54) is 0 Å². The van der Waals surface area contributed by atoms with Crippen molar-refractivity contribution in [2.45, 2.75) is 19.3 Å². The van der Waals surface area contributed by atoms with E-state index in [2.05, 4.69) is 6.07 Å². The van der Waals surface area contributed by atoms with Crippen molar-refractivity contribution in [2.75, 3.05) is 26.3 Å². The highest BCUT2D eigenvalue weighted by Gasteiger charge is 2.44. The lowest BCUT2D eigenvalue weighted by Gasteiger charge is -2.41. The highest BCUT2D eigenvalue weighted by atomic mass is 16.5. The Hall–Kier alpha value is -1.08. The molecule has 2 rings (SSSR count). The van der Waals surface area contributed by atoms with E-state index in [4.69, 9.17) is 15.4 Å². The molecule has 0 radical (unpaired) electrons. The molecule has 0 amide bonds. The summed E-state index contributed by atoms with van der Waals surface area (Å²) in [6.45, 7) is 2.90. The van der Waals surface area contributed by atoms with Crippen molar-refractivity contribution in [2.24, 2.45) is 5.41 Å². The van der Waals surface area contributed by atoms with Gasteiger partial charge in [0, 0.05) is 13.1 Å². The van der Waals surface area contributed by atoms with Crippen LogP contribution in [0, 0.1) is 22.2 Å². The van der Waals surface area contributed by atoms with Gasteiger partial charge < -0.3 is 9.64 Å². The second kappa shape index (κ2) is 3.58. The van der Waals surface area contributed by atoms with E-state index in [-0.39, 0.29) is 0 Å². The third kappa shape index (κ3) is 1.38. The van der Waals surface area contributed by atoms with Crippen LogP contribution in [0.1, 0.15) is 19.3 Å². The maximum absolute atomic E-state index is 9.09. The summed E-state index contributed by atoms with van der Waals surface area (Å²) in [7, 11) is 0. The molecule has 2 fully saturated rings. The number of hydrogen-bond donors (Lipinski definition) is 1. The standard InChI is InChI=1S/C10H15N3O/c11-8-10(2-1-3-10)9(12)13-4-6-14-7-5-13/h12H,1-7H2. The first kappa shape index (κ1) is 9.47. The van der Waals surface area contributed by atoms with Gasteiger partial charge in [0.05, 0.1) is 19.3 Å². The first-order valence-corrected chi connectivity index (χ1v) is 5.11. The van der Waals surface area contributed by atoms with E-state index in [1.54, 1.807) is 0 Å². The van der Waals surface area contributed by atoms with Crippen LogP contribution in [0.15, 0.2) is 0 Å². The molecule has 0 aromatic carbocycles. The van der Waals surface area contributed by atoms with Crippen LogP contribution in [0.2, 0.25) is 0 Å². The van der Waals surface area contributed by atoms with Crippen LogP contribution >= 0.6 is 0 Å². The van der Waals surface area contributed by atoms with Gasteiger partial charge in [-0.05, 0) is 19.3 Å². The van der Waals surface area contributed by atoms with Crippen LogP contribution in [0.25, 0.3) is 0 Å². The molecule has 14 heavy (non-hydrogen) atoms. The minimum Gasteiger partial charge on any atom is -0.378 e. The van der Waals surface area contributed by atoms with Crippen molar-refractivity contribution in [3.05, 3.63) is 0 Å². The zero-order valence-electron chi connectivity index (χ0n) is 8.25. The number of nitrogens with zero attached hydrogens (tertiary/aromatic N) is 2. The van der Waals surface area contributed by atoms with E-state index < -0.39 is 5.41 Å². The second-order valence-electron chi connectivity index (χ2n) is 4.00. The summed E-state index contributed by atoms with van der Waals surface area (Å²) in [5, 5.41) is 17.1. The van der Waals surface area contributed by atoms with Crippen molar-refractivity contribution >= 4 is 5.84 Å². The Morgan fingerprint density at radius 3 is 2.43 bits per heavy atom. The molecule has 2 aliphatic rings. The third-order valence-electron chi connectivity index (χ3n) is 3.20. The lowest BCUT2D eigenvalue weighted by Crippen LogP contribution is -2.50. The average molecular weight is 193 g/mol. The number of nitriles is 1. The molecule has 0 aromatic rings. The maximum Gasteiger partial charge on any atom is 0.117 e. The zero-order chi connectivity index (χ0) is 10.0. The van der Waals surface area contributed by atoms with Gasteiger partial charge in [-0.15, -0.1) is 0 Å². The van der Waals surface area contributed by atoms with Gasteiger partial charge >= 0.3 is 0 Å². The highest BCUT2D eigenvalue weighted by molar-refractivity contribution is 5.89. The fourth-order valence-corrected chi connectivity index (χ4v) is 2.02. The number of amidine groups is 1. The molecule has 76 valence electrons. The third-order valence-corrected chi connectivity index (χ3v) is 3.20. The molecule has 1 saturated heterocycles. The van der Waals surface area contributed by atoms with Crippen LogP contribution in [0.4, 0.5) is 0 Å². The zero-order valence-corrected chi connectivity index (χ0v) is 8.25. The summed E-state index contributed by atoms with van der Waals surface area (Å²) >= 11 is 0. The summed E-state index contributed by atoms with van der Waals surface area (Å²) in [6.07, 6.45) is 2.81. The van der Waals surface area contributed by atoms with E-state index in [9.17, 15) is 0 Å². The Kier molecular flexibility index (Phi) is 2.42. The molecule has 1 aliphatic heterocycles. The van der Waals surface area contributed by atoms with E-state index in [1.807, 2.05) is 4.90 Å². The molecule has 0 unspecified atom stereocenters. The molecule has 0 bridgehead atoms. The predicted octanol–water partition coefficient (Wildman–Crippen LogP) is 0.990. The van der Waals surface area contributed by atoms with Gasteiger partial charge in [-0.25, -0.2) is 0 Å². The largest absolute Gasteiger partial charge is 0.378 e. The monoisotopic (exact) mass is 193 g/mol. The average Bonchev–Trinajstić information content (AvgIpc) is 2.18. The van der Waals surface area contributed by atoms with Crippen LogP contribution in [-0.4, -0.2) is 37.0 Å². The molecule has 4 nitrogen and oxygen atoms in total. The smallest absolute Gasteiger partial charge is 0.117 e. The van der Waals surface area contributed by atoms with Crippen LogP contribution in [-0.2, 0) is 4.74 Å². The molecule has 4 heteroatoms. The second-order valence-corrected chi connectivity index (χ2v) is 4.00. The van der Waals surface area contributed by atoms with Crippen molar-refractivity contribution in [1.82, 2.24) is 4.90 Å². The molecule has 1 aliphatic carbocycles. The topological polar surface area (TPSA) is 60.1 Å². The summed E-state index contributed by atoms with van der Waals surface area (Å²) in [4.78, 5) is 1.99. The minimum atomic E-state index is -0.461. The number of morpholine rings is 1. The molecule has 0 atom stereocenters. The molecule has 0 aromatic heterocycles. The lowest BCUT2D eigenvalue weighted by atomic mass is 9.68. The Balaban J connectivity index is 2.03. The lowest BCUT2D eigenvalue weighted by molar-refractivity contribution is 0.0616. The summed E-state index contributed by atoms with van der Waals surface area (Å²) < 4.78 is 5.23. The Bertz CT molecular complexity index is 272. The highest BCUT2D eigenvalue weighted by Crippen LogP contribution is 2.42. The van der Waals surface area contributed by atoms with Crippen molar-refractivity contribution in [3.8, 4) is 6.07 Å². The fourth-order valence-electron chi connectivity index (χ4n) is 2.02. The Morgan fingerprint density at radius 2 is 2.00 bits per heavy atom. The SMILES string of the molecule is N#CC1(C(=N)N2CCOCC2)CCC1. The summed E-state index contributed by atoms with van der Waals surface area (Å²) in [5.41, 5.74) is -0.461. The van der Waals surface area contributed by atoms with E-state index >= 15 is 0 Å². The normalized spacial score (nSPS) is 24.9. The van der Waals surface area contributed by atoms with Crippen LogP contribution < -0.4 is 0 Å². The Morgan fingerprint density at radius 1 is 1.36 bits per heavy atom. The van der Waals surface area contributed by atoms with Crippen LogP contribution in [0.3, 0.4) is 0 Å². The first-order valence-electron chi connectivity index (χ1n) is 5.11. The van der Waals surface area contributed by atoms with Crippen molar-refractivity contribution < 1.29 is 4.74 Å². The maximum atomic E-state index is 9.09. The first-order chi connectivity index (χ1) is 6.78. The van der Waals surface area contributed by atoms with Gasteiger partial charge in [0.2, 0.25) is 0 Å². The van der Waals surface area contributed by atoms with Gasteiger partial charge in [-0.2, -0.15) is 5.26 Å². The van der Waals surface area contributed by atoms with Crippen molar-refractivity contribution in [3.63, 3.8) is 0 Å². The molecule has 0 spiro atoms. The molecular weight excluding hydrogens is 178 g/mol. The van der Waals surface area contributed by atoms with Gasteiger partial charge in [-0.1, -0.05) is 0 Å². The van der Waals surface area contributed by atoms with Gasteiger partial charge in [-0.3, -0.25) is 5.41 Å². The number of ether oxygens (including phenoxy) is 1. The van der Waals surface area contributed by atoms with E-state index in [0.717, 1.165) is 32.4 Å². The minimum absolute atomic E-state index is 0.461. The molecule has 1 saturated carbocycles. The number of hydrogen-bond acceptors (Lipinski definition) is 3. The van der Waals surface area contributed by atoms with Crippen LogP contribution in [0.5, 0.6) is 0 Å². The number of rotatable bonds is 1. The van der Waals surface area contributed by atoms with Crippen molar-refractivity contribution in [1.29, 1.82) is 10.7 Å². The van der Waals surface area contributed by atoms with Gasteiger partial charge in [0.25, 0.3) is 0 Å². The molecule has 1 heterocycles. The molecular formula is C10H15N3O. The fraction of sp³-hybridized carbons (Fsp3) is 0.800. The quantitative estimate of drug-likeness (QED) is 0.499. The van der Waals surface area contributed by atoms with E-state index in [0.29, 0.717) is 19.0 Å². The summed E-state index contributed by atoms with van der Waals surface area (Å²) in [5.74, 6) is 0.523.